The second-order valence-electron chi connectivity index (χ2n) is 4.00. The zero-order valence-corrected chi connectivity index (χ0v) is 10.7. The van der Waals surface area contributed by atoms with Crippen molar-refractivity contribution in [1.82, 2.24) is 4.98 Å². The van der Waals surface area contributed by atoms with Crippen molar-refractivity contribution in [2.75, 3.05) is 6.61 Å². The Morgan fingerprint density at radius 1 is 1.33 bits per heavy atom. The highest BCUT2D eigenvalue weighted by Gasteiger charge is 2.12. The molecule has 0 saturated carbocycles. The van der Waals surface area contributed by atoms with Crippen LogP contribution in [0.5, 0.6) is 5.75 Å². The first-order valence-electron chi connectivity index (χ1n) is 5.90. The van der Waals surface area contributed by atoms with Gasteiger partial charge in [-0.05, 0) is 24.3 Å². The van der Waals surface area contributed by atoms with Crippen LogP contribution in [0.25, 0.3) is 0 Å². The molecule has 0 atom stereocenters. The van der Waals surface area contributed by atoms with Crippen molar-refractivity contribution in [2.24, 2.45) is 5.16 Å². The summed E-state index contributed by atoms with van der Waals surface area (Å²) in [4.78, 5) is 14.8. The lowest BCUT2D eigenvalue weighted by Gasteiger charge is -2.08. The number of nitrogens with zero attached hydrogens (tertiary/aromatic N) is 2. The van der Waals surface area contributed by atoms with Gasteiger partial charge in [0.05, 0.1) is 11.3 Å². The molecule has 7 heteroatoms. The molecular formula is C14H11FN2O4. The molecule has 2 N–H and O–H groups in total. The lowest BCUT2D eigenvalue weighted by atomic mass is 10.2. The summed E-state index contributed by atoms with van der Waals surface area (Å²) in [5, 5.41) is 20.9. The number of carboxylic acids is 1. The zero-order chi connectivity index (χ0) is 15.2. The normalized spacial score (nSPS) is 11.2. The third kappa shape index (κ3) is 3.53. The van der Waals surface area contributed by atoms with Gasteiger partial charge in [-0.25, -0.2) is 9.18 Å². The van der Waals surface area contributed by atoms with Crippen molar-refractivity contribution in [2.45, 2.75) is 0 Å². The minimum Gasteiger partial charge on any atom is -0.484 e. The van der Waals surface area contributed by atoms with E-state index in [1.165, 1.54) is 36.5 Å². The molecule has 1 aromatic carbocycles. The maximum Gasteiger partial charge on any atom is 0.335 e. The van der Waals surface area contributed by atoms with Crippen LogP contribution in [0.3, 0.4) is 0 Å². The van der Waals surface area contributed by atoms with Crippen molar-refractivity contribution in [3.8, 4) is 5.75 Å². The second-order valence-corrected chi connectivity index (χ2v) is 4.00. The second kappa shape index (κ2) is 6.47. The lowest BCUT2D eigenvalue weighted by molar-refractivity contribution is 0.0696. The highest BCUT2D eigenvalue weighted by Crippen LogP contribution is 2.15. The Bertz CT molecular complexity index is 688. The largest absolute Gasteiger partial charge is 0.484 e. The van der Waals surface area contributed by atoms with Crippen LogP contribution < -0.4 is 4.74 Å². The van der Waals surface area contributed by atoms with E-state index < -0.39 is 11.8 Å². The molecule has 0 amide bonds. The Hall–Kier alpha value is -2.96. The maximum absolute atomic E-state index is 13.4. The molecule has 0 aliphatic carbocycles. The van der Waals surface area contributed by atoms with Gasteiger partial charge in [0, 0.05) is 6.20 Å². The number of aromatic nitrogens is 1. The van der Waals surface area contributed by atoms with Crippen LogP contribution in [0.4, 0.5) is 4.39 Å². The van der Waals surface area contributed by atoms with E-state index >= 15 is 0 Å². The number of hydrogen-bond acceptors (Lipinski definition) is 5. The van der Waals surface area contributed by atoms with Gasteiger partial charge >= 0.3 is 5.97 Å². The number of carboxylic acid groups (broad SMARTS) is 1. The van der Waals surface area contributed by atoms with Gasteiger partial charge < -0.3 is 15.1 Å². The van der Waals surface area contributed by atoms with E-state index in [4.69, 9.17) is 15.1 Å². The molecule has 0 aliphatic rings. The van der Waals surface area contributed by atoms with Gasteiger partial charge in [0.2, 0.25) is 0 Å². The van der Waals surface area contributed by atoms with E-state index in [0.29, 0.717) is 0 Å². The number of ether oxygens (including phenoxy) is 1. The Labute approximate surface area is 119 Å². The Balaban J connectivity index is 2.16. The predicted octanol–water partition coefficient (Wildman–Crippen LogP) is 2.18. The smallest absolute Gasteiger partial charge is 0.335 e. The summed E-state index contributed by atoms with van der Waals surface area (Å²) < 4.78 is 18.6. The summed E-state index contributed by atoms with van der Waals surface area (Å²) in [5.74, 6) is -1.69. The average molecular weight is 290 g/mol. The summed E-state index contributed by atoms with van der Waals surface area (Å²) in [6, 6.07) is 8.30. The molecule has 0 radical (unpaired) electrons. The maximum atomic E-state index is 13.4. The van der Waals surface area contributed by atoms with Gasteiger partial charge in [0.1, 0.15) is 12.3 Å². The van der Waals surface area contributed by atoms with Crippen LogP contribution in [-0.2, 0) is 0 Å². The Morgan fingerprint density at radius 2 is 2.10 bits per heavy atom. The molecule has 1 heterocycles. The summed E-state index contributed by atoms with van der Waals surface area (Å²) in [5.41, 5.74) is 0.113. The van der Waals surface area contributed by atoms with Crippen molar-refractivity contribution >= 4 is 11.7 Å². The molecule has 0 spiro atoms. The fourth-order valence-electron chi connectivity index (χ4n) is 1.58. The molecule has 0 saturated heterocycles. The number of halogens is 1. The van der Waals surface area contributed by atoms with Crippen LogP contribution in [-0.4, -0.2) is 33.6 Å². The average Bonchev–Trinajstić information content (AvgIpc) is 2.50. The molecule has 6 nitrogen and oxygen atoms in total. The number of aromatic carboxylic acids is 1. The van der Waals surface area contributed by atoms with Crippen molar-refractivity contribution < 1.29 is 24.2 Å². The van der Waals surface area contributed by atoms with Crippen molar-refractivity contribution in [3.63, 3.8) is 0 Å². The van der Waals surface area contributed by atoms with Crippen molar-refractivity contribution in [3.05, 3.63) is 59.7 Å². The summed E-state index contributed by atoms with van der Waals surface area (Å²) >= 11 is 0. The monoisotopic (exact) mass is 290 g/mol. The molecule has 0 bridgehead atoms. The Morgan fingerprint density at radius 3 is 2.76 bits per heavy atom. The van der Waals surface area contributed by atoms with Gasteiger partial charge in [-0.3, -0.25) is 4.98 Å². The highest BCUT2D eigenvalue weighted by molar-refractivity contribution is 6.01. The standard InChI is InChI=1S/C14H11FN2O4/c15-10-3-1-2-4-13(10)21-8-12(17-20)11-7-9(14(18)19)5-6-16-11/h1-7,20H,8H2,(H,18,19)/b17-12+. The molecule has 0 aliphatic heterocycles. The van der Waals surface area contributed by atoms with Gasteiger partial charge in [-0.1, -0.05) is 17.3 Å². The minimum absolute atomic E-state index is 0.00645. The quantitative estimate of drug-likeness (QED) is 0.500. The number of oxime groups is 1. The minimum atomic E-state index is -1.13. The fourth-order valence-corrected chi connectivity index (χ4v) is 1.58. The SMILES string of the molecule is O=C(O)c1ccnc(/C(COc2ccccc2F)=N/O)c1. The van der Waals surface area contributed by atoms with Gasteiger partial charge in [-0.15, -0.1) is 0 Å². The van der Waals surface area contributed by atoms with E-state index in [-0.39, 0.29) is 29.3 Å². The predicted molar refractivity (Wildman–Crippen MR) is 71.4 cm³/mol. The molecule has 0 fully saturated rings. The molecule has 2 aromatic rings. The zero-order valence-electron chi connectivity index (χ0n) is 10.7. The summed E-state index contributed by atoms with van der Waals surface area (Å²) in [6.45, 7) is -0.256. The van der Waals surface area contributed by atoms with Crippen LogP contribution in [0.1, 0.15) is 16.1 Å². The third-order valence-corrected chi connectivity index (χ3v) is 2.62. The van der Waals surface area contributed by atoms with Gasteiger partial charge in [0.25, 0.3) is 0 Å². The molecule has 21 heavy (non-hydrogen) atoms. The number of carbonyl (C=O) groups is 1. The van der Waals surface area contributed by atoms with Crippen LogP contribution >= 0.6 is 0 Å². The third-order valence-electron chi connectivity index (χ3n) is 2.62. The van der Waals surface area contributed by atoms with Crippen LogP contribution in [0, 0.1) is 5.82 Å². The molecular weight excluding hydrogens is 279 g/mol. The van der Waals surface area contributed by atoms with E-state index in [2.05, 4.69) is 10.1 Å². The first kappa shape index (κ1) is 14.4. The topological polar surface area (TPSA) is 92.0 Å². The van der Waals surface area contributed by atoms with Crippen LogP contribution in [0.2, 0.25) is 0 Å². The van der Waals surface area contributed by atoms with Gasteiger partial charge in [0.15, 0.2) is 11.6 Å². The van der Waals surface area contributed by atoms with Gasteiger partial charge in [-0.2, -0.15) is 0 Å². The van der Waals surface area contributed by atoms with E-state index in [1.54, 1.807) is 6.07 Å². The highest BCUT2D eigenvalue weighted by atomic mass is 19.1. The molecule has 0 unspecified atom stereocenters. The molecule has 1 aromatic heterocycles. The van der Waals surface area contributed by atoms with E-state index in [1.807, 2.05) is 0 Å². The van der Waals surface area contributed by atoms with E-state index in [0.717, 1.165) is 0 Å². The number of rotatable bonds is 5. The summed E-state index contributed by atoms with van der Waals surface area (Å²) in [6.07, 6.45) is 1.27. The molecule has 2 rings (SSSR count). The first-order valence-corrected chi connectivity index (χ1v) is 5.90. The Kier molecular flexibility index (Phi) is 4.45. The number of para-hydroxylation sites is 1. The first-order chi connectivity index (χ1) is 10.1. The fraction of sp³-hybridized carbons (Fsp3) is 0.0714. The number of benzene rings is 1. The lowest BCUT2D eigenvalue weighted by Crippen LogP contribution is -2.16. The summed E-state index contributed by atoms with van der Waals surface area (Å²) in [7, 11) is 0. The molecule has 108 valence electrons. The number of hydrogen-bond donors (Lipinski definition) is 2. The van der Waals surface area contributed by atoms with Crippen molar-refractivity contribution in [1.29, 1.82) is 0 Å². The van der Waals surface area contributed by atoms with E-state index in [9.17, 15) is 9.18 Å². The number of pyridine rings is 1. The van der Waals surface area contributed by atoms with Crippen LogP contribution in [0.15, 0.2) is 47.8 Å².